The lowest BCUT2D eigenvalue weighted by molar-refractivity contribution is 0.0987. The summed E-state index contributed by atoms with van der Waals surface area (Å²) in [5.41, 5.74) is 7.48. The topological polar surface area (TPSA) is 136 Å². The van der Waals surface area contributed by atoms with Crippen molar-refractivity contribution in [1.29, 1.82) is 0 Å². The van der Waals surface area contributed by atoms with Crippen LogP contribution in [-0.4, -0.2) is 62.8 Å². The first kappa shape index (κ1) is 23.0. The standard InChI is InChI=1S/C24H23F2N9O2/c1-28-23-20(13-6-29-7-16-19(13)30-10-34(16)2)32-21(22(27)36)24(33-23)31-14-3-4-15(18(26)17(14)25)35-8-12-5-11(35)9-37-12/h3-4,6-7,10-12H,5,8-9H2,1-2H3,(H2,27,36)(H2,28,31,33)/t11-,12-/m0/s1. The second-order valence-corrected chi connectivity index (χ2v) is 9.02. The van der Waals surface area contributed by atoms with Crippen LogP contribution in [0.1, 0.15) is 16.9 Å². The summed E-state index contributed by atoms with van der Waals surface area (Å²) in [5.74, 6) is -2.86. The average molecular weight is 508 g/mol. The number of fused-ring (bicyclic) bond motifs is 3. The van der Waals surface area contributed by atoms with Crippen LogP contribution in [0, 0.1) is 11.6 Å². The highest BCUT2D eigenvalue weighted by Crippen LogP contribution is 2.37. The molecule has 6 rings (SSSR count). The molecule has 0 spiro atoms. The van der Waals surface area contributed by atoms with Gasteiger partial charge in [0.25, 0.3) is 5.91 Å². The summed E-state index contributed by atoms with van der Waals surface area (Å²) in [4.78, 5) is 31.7. The van der Waals surface area contributed by atoms with Crippen molar-refractivity contribution in [3.8, 4) is 11.3 Å². The number of carbonyl (C=O) groups is 1. The molecular formula is C24H23F2N9O2. The SMILES string of the molecule is CNc1nc(Nc2ccc(N3C[C@@H]4C[C@H]3CO4)c(F)c2F)c(C(N)=O)nc1-c1cncc2c1ncn2C. The molecule has 4 N–H and O–H groups in total. The Morgan fingerprint density at radius 3 is 2.73 bits per heavy atom. The van der Waals surface area contributed by atoms with Crippen LogP contribution >= 0.6 is 0 Å². The molecule has 1 amide bonds. The smallest absolute Gasteiger partial charge is 0.271 e. The molecule has 2 saturated heterocycles. The fourth-order valence-electron chi connectivity index (χ4n) is 4.95. The Balaban J connectivity index is 1.40. The number of hydrogen-bond acceptors (Lipinski definition) is 9. The van der Waals surface area contributed by atoms with Crippen LogP contribution in [0.25, 0.3) is 22.3 Å². The second kappa shape index (κ2) is 8.62. The number of aryl methyl sites for hydroxylation is 1. The molecule has 0 unspecified atom stereocenters. The minimum absolute atomic E-state index is 0.0221. The lowest BCUT2D eigenvalue weighted by atomic mass is 10.1. The highest BCUT2D eigenvalue weighted by molar-refractivity contribution is 5.99. The van der Waals surface area contributed by atoms with Crippen molar-refractivity contribution in [3.05, 3.63) is 48.2 Å². The number of rotatable bonds is 6. The van der Waals surface area contributed by atoms with E-state index >= 15 is 8.78 Å². The number of aromatic nitrogens is 5. The van der Waals surface area contributed by atoms with Gasteiger partial charge >= 0.3 is 0 Å². The van der Waals surface area contributed by atoms with Gasteiger partial charge in [-0.15, -0.1) is 0 Å². The second-order valence-electron chi connectivity index (χ2n) is 9.02. The largest absolute Gasteiger partial charge is 0.374 e. The monoisotopic (exact) mass is 507 g/mol. The Hall–Kier alpha value is -4.39. The first-order valence-electron chi connectivity index (χ1n) is 11.6. The predicted molar refractivity (Wildman–Crippen MR) is 133 cm³/mol. The van der Waals surface area contributed by atoms with E-state index in [1.807, 2.05) is 11.9 Å². The summed E-state index contributed by atoms with van der Waals surface area (Å²) < 4.78 is 37.7. The van der Waals surface area contributed by atoms with E-state index in [-0.39, 0.29) is 46.5 Å². The average Bonchev–Trinajstić information content (AvgIpc) is 3.63. The van der Waals surface area contributed by atoms with Crippen LogP contribution < -0.4 is 21.3 Å². The number of halogens is 2. The van der Waals surface area contributed by atoms with Gasteiger partial charge in [0.2, 0.25) is 0 Å². The van der Waals surface area contributed by atoms with Gasteiger partial charge in [-0.2, -0.15) is 0 Å². The quantitative estimate of drug-likeness (QED) is 0.360. The molecule has 0 saturated carbocycles. The van der Waals surface area contributed by atoms with Crippen molar-refractivity contribution in [2.45, 2.75) is 18.6 Å². The Kier molecular flexibility index (Phi) is 5.37. The van der Waals surface area contributed by atoms with Gasteiger partial charge < -0.3 is 30.6 Å². The molecule has 13 heteroatoms. The lowest BCUT2D eigenvalue weighted by Gasteiger charge is -2.29. The molecule has 4 aromatic rings. The summed E-state index contributed by atoms with van der Waals surface area (Å²) in [6, 6.07) is 2.92. The first-order valence-corrected chi connectivity index (χ1v) is 11.6. The fourth-order valence-corrected chi connectivity index (χ4v) is 4.95. The van der Waals surface area contributed by atoms with E-state index in [1.165, 1.54) is 12.1 Å². The Morgan fingerprint density at radius 1 is 1.19 bits per heavy atom. The van der Waals surface area contributed by atoms with E-state index in [0.29, 0.717) is 24.2 Å². The number of nitrogens with one attached hydrogen (secondary N) is 2. The van der Waals surface area contributed by atoms with Crippen LogP contribution in [-0.2, 0) is 11.8 Å². The minimum atomic E-state index is -1.10. The molecular weight excluding hydrogens is 484 g/mol. The summed E-state index contributed by atoms with van der Waals surface area (Å²) in [6.45, 7) is 1.00. The molecule has 2 bridgehead atoms. The molecule has 0 radical (unpaired) electrons. The summed E-state index contributed by atoms with van der Waals surface area (Å²) in [6.07, 6.45) is 5.67. The number of imidazole rings is 1. The van der Waals surface area contributed by atoms with Crippen molar-refractivity contribution in [2.75, 3.05) is 35.7 Å². The molecule has 3 aromatic heterocycles. The lowest BCUT2D eigenvalue weighted by Crippen LogP contribution is -2.37. The zero-order chi connectivity index (χ0) is 25.8. The molecule has 11 nitrogen and oxygen atoms in total. The van der Waals surface area contributed by atoms with E-state index in [1.54, 1.807) is 30.3 Å². The molecule has 2 aliphatic rings. The molecule has 190 valence electrons. The van der Waals surface area contributed by atoms with Crippen LogP contribution in [0.4, 0.5) is 31.8 Å². The normalized spacial score (nSPS) is 18.5. The van der Waals surface area contributed by atoms with Crippen molar-refractivity contribution < 1.29 is 18.3 Å². The number of hydrogen-bond donors (Lipinski definition) is 3. The van der Waals surface area contributed by atoms with Crippen LogP contribution in [0.15, 0.2) is 30.9 Å². The third-order valence-corrected chi connectivity index (χ3v) is 6.78. The van der Waals surface area contributed by atoms with Gasteiger partial charge in [-0.05, 0) is 18.6 Å². The Labute approximate surface area is 209 Å². The third kappa shape index (κ3) is 3.69. The maximum Gasteiger partial charge on any atom is 0.271 e. The van der Waals surface area contributed by atoms with Gasteiger partial charge in [0, 0.05) is 26.8 Å². The number of anilines is 4. The van der Waals surface area contributed by atoms with Gasteiger partial charge in [0.15, 0.2) is 29.0 Å². The molecule has 2 aliphatic heterocycles. The van der Waals surface area contributed by atoms with E-state index in [4.69, 9.17) is 10.5 Å². The van der Waals surface area contributed by atoms with E-state index in [0.717, 1.165) is 11.9 Å². The van der Waals surface area contributed by atoms with Crippen LogP contribution in [0.5, 0.6) is 0 Å². The van der Waals surface area contributed by atoms with Gasteiger partial charge in [-0.3, -0.25) is 9.78 Å². The van der Waals surface area contributed by atoms with E-state index in [2.05, 4.69) is 30.6 Å². The number of benzene rings is 1. The summed E-state index contributed by atoms with van der Waals surface area (Å²) in [7, 11) is 3.45. The number of nitrogens with zero attached hydrogens (tertiary/aromatic N) is 6. The maximum absolute atomic E-state index is 15.2. The van der Waals surface area contributed by atoms with Gasteiger partial charge in [-0.25, -0.2) is 23.7 Å². The highest BCUT2D eigenvalue weighted by atomic mass is 19.2. The first-order chi connectivity index (χ1) is 17.9. The van der Waals surface area contributed by atoms with Crippen molar-refractivity contribution in [1.82, 2.24) is 24.5 Å². The predicted octanol–water partition coefficient (Wildman–Crippen LogP) is 2.57. The van der Waals surface area contributed by atoms with Gasteiger partial charge in [-0.1, -0.05) is 0 Å². The van der Waals surface area contributed by atoms with E-state index in [9.17, 15) is 4.79 Å². The maximum atomic E-state index is 15.2. The number of primary amides is 1. The summed E-state index contributed by atoms with van der Waals surface area (Å²) in [5, 5.41) is 5.63. The third-order valence-electron chi connectivity index (χ3n) is 6.78. The number of nitrogens with two attached hydrogens (primary N) is 1. The van der Waals surface area contributed by atoms with Crippen LogP contribution in [0.3, 0.4) is 0 Å². The van der Waals surface area contributed by atoms with Crippen molar-refractivity contribution >= 4 is 40.0 Å². The molecule has 5 heterocycles. The summed E-state index contributed by atoms with van der Waals surface area (Å²) >= 11 is 0. The van der Waals surface area contributed by atoms with Crippen molar-refractivity contribution in [3.63, 3.8) is 0 Å². The number of amides is 1. The number of carbonyl (C=O) groups excluding carboxylic acids is 1. The van der Waals surface area contributed by atoms with E-state index < -0.39 is 17.5 Å². The van der Waals surface area contributed by atoms with Crippen LogP contribution in [0.2, 0.25) is 0 Å². The molecule has 2 atom stereocenters. The molecule has 37 heavy (non-hydrogen) atoms. The molecule has 2 fully saturated rings. The molecule has 0 aliphatic carbocycles. The van der Waals surface area contributed by atoms with Gasteiger partial charge in [0.1, 0.15) is 11.2 Å². The highest BCUT2D eigenvalue weighted by Gasteiger charge is 2.40. The van der Waals surface area contributed by atoms with Crippen molar-refractivity contribution in [2.24, 2.45) is 12.8 Å². The minimum Gasteiger partial charge on any atom is -0.374 e. The zero-order valence-corrected chi connectivity index (χ0v) is 20.0. The number of pyridine rings is 1. The molecule has 1 aromatic carbocycles. The fraction of sp³-hybridized carbons (Fsp3) is 0.292. The number of ether oxygens (including phenoxy) is 1. The zero-order valence-electron chi connectivity index (χ0n) is 20.0. The van der Waals surface area contributed by atoms with Gasteiger partial charge in [0.05, 0.1) is 53.7 Å². The number of morpholine rings is 1. The Bertz CT molecular complexity index is 1560. The Morgan fingerprint density at radius 2 is 2.03 bits per heavy atom.